The summed E-state index contributed by atoms with van der Waals surface area (Å²) < 4.78 is 80.4. The first kappa shape index (κ1) is 22.1. The van der Waals surface area contributed by atoms with Gasteiger partial charge in [0.1, 0.15) is 9.90 Å². The number of benzene rings is 1. The summed E-state index contributed by atoms with van der Waals surface area (Å²) >= 11 is 0.784. The molecule has 3 rings (SSSR count). The van der Waals surface area contributed by atoms with Gasteiger partial charge in [0.15, 0.2) is 11.5 Å². The van der Waals surface area contributed by atoms with Crippen molar-refractivity contribution in [3.05, 3.63) is 47.7 Å². The number of nitrogens with one attached hydrogen (secondary N) is 1. The molecule has 3 aromatic rings. The normalized spacial score (nSPS) is 12.2. The lowest BCUT2D eigenvalue weighted by molar-refractivity contribution is -0.155. The number of thiophene rings is 1. The van der Waals surface area contributed by atoms with Gasteiger partial charge in [0.2, 0.25) is 15.8 Å². The van der Waals surface area contributed by atoms with Gasteiger partial charge in [-0.15, -0.1) is 11.3 Å². The zero-order valence-electron chi connectivity index (χ0n) is 15.8. The van der Waals surface area contributed by atoms with Crippen LogP contribution >= 0.6 is 11.3 Å². The number of nitrogens with zero attached hydrogens (tertiary/aromatic N) is 1. The van der Waals surface area contributed by atoms with Crippen LogP contribution in [0.3, 0.4) is 0 Å². The average Bonchev–Trinajstić information content (AvgIpc) is 3.37. The molecule has 0 amide bonds. The Balaban J connectivity index is 1.73. The van der Waals surface area contributed by atoms with Crippen LogP contribution in [0.4, 0.5) is 13.2 Å². The summed E-state index contributed by atoms with van der Waals surface area (Å²) in [5.74, 6) is -0.239. The van der Waals surface area contributed by atoms with E-state index in [-0.39, 0.29) is 21.3 Å². The van der Waals surface area contributed by atoms with E-state index in [1.807, 2.05) is 6.92 Å². The summed E-state index contributed by atoms with van der Waals surface area (Å²) in [6, 6.07) is 8.42. The Morgan fingerprint density at radius 3 is 2.57 bits per heavy atom. The molecule has 0 saturated heterocycles. The van der Waals surface area contributed by atoms with E-state index >= 15 is 0 Å². The van der Waals surface area contributed by atoms with E-state index in [2.05, 4.69) is 14.4 Å². The molecule has 12 heteroatoms. The second kappa shape index (κ2) is 8.66. The quantitative estimate of drug-likeness (QED) is 0.537. The minimum atomic E-state index is -4.67. The number of hydrogen-bond donors (Lipinski definition) is 1. The van der Waals surface area contributed by atoms with Gasteiger partial charge in [-0.2, -0.15) is 13.2 Å². The second-order valence-electron chi connectivity index (χ2n) is 5.94. The molecule has 0 fully saturated rings. The largest absolute Gasteiger partial charge is 0.493 e. The van der Waals surface area contributed by atoms with Crippen LogP contribution in [0.1, 0.15) is 18.2 Å². The fourth-order valence-corrected chi connectivity index (χ4v) is 4.79. The Bertz CT molecular complexity index is 1120. The third-order valence-electron chi connectivity index (χ3n) is 3.88. The van der Waals surface area contributed by atoms with E-state index in [9.17, 15) is 21.6 Å². The topological polar surface area (TPSA) is 90.7 Å². The van der Waals surface area contributed by atoms with Gasteiger partial charge in [0.05, 0.1) is 18.6 Å². The zero-order valence-corrected chi connectivity index (χ0v) is 17.5. The van der Waals surface area contributed by atoms with Crippen molar-refractivity contribution in [2.24, 2.45) is 0 Å². The molecule has 2 aromatic heterocycles. The Labute approximate surface area is 174 Å². The molecule has 0 spiro atoms. The maximum atomic E-state index is 12.6. The highest BCUT2D eigenvalue weighted by Gasteiger charge is 2.36. The lowest BCUT2D eigenvalue weighted by Gasteiger charge is -2.11. The van der Waals surface area contributed by atoms with Gasteiger partial charge < -0.3 is 14.0 Å². The predicted octanol–water partition coefficient (Wildman–Crippen LogP) is 4.31. The molecule has 0 aliphatic carbocycles. The number of rotatable bonds is 8. The van der Waals surface area contributed by atoms with Crippen LogP contribution in [0.2, 0.25) is 0 Å². The SMILES string of the molecule is CCOc1ccc(CNS(=O)(=O)c2ccc(-c3cc(C(F)(F)F)on3)s2)cc1OC. The molecule has 2 heterocycles. The summed E-state index contributed by atoms with van der Waals surface area (Å²) in [5.41, 5.74) is 0.548. The molecular weight excluding hydrogens is 445 g/mol. The molecule has 7 nitrogen and oxygen atoms in total. The summed E-state index contributed by atoms with van der Waals surface area (Å²) in [5, 5.41) is 3.36. The van der Waals surface area contributed by atoms with Gasteiger partial charge in [0, 0.05) is 12.6 Å². The number of aromatic nitrogens is 1. The van der Waals surface area contributed by atoms with Crippen molar-refractivity contribution in [1.29, 1.82) is 0 Å². The van der Waals surface area contributed by atoms with Crippen LogP contribution < -0.4 is 14.2 Å². The molecule has 0 radical (unpaired) electrons. The average molecular weight is 462 g/mol. The first-order chi connectivity index (χ1) is 14.1. The van der Waals surface area contributed by atoms with E-state index in [4.69, 9.17) is 9.47 Å². The van der Waals surface area contributed by atoms with Crippen LogP contribution in [-0.4, -0.2) is 27.3 Å². The van der Waals surface area contributed by atoms with Crippen molar-refractivity contribution in [2.45, 2.75) is 23.9 Å². The first-order valence-corrected chi connectivity index (χ1v) is 10.9. The van der Waals surface area contributed by atoms with Crippen LogP contribution in [-0.2, 0) is 22.7 Å². The van der Waals surface area contributed by atoms with Gasteiger partial charge in [0.25, 0.3) is 0 Å². The van der Waals surface area contributed by atoms with Gasteiger partial charge >= 0.3 is 6.18 Å². The minimum absolute atomic E-state index is 0.0134. The van der Waals surface area contributed by atoms with Crippen molar-refractivity contribution in [3.63, 3.8) is 0 Å². The second-order valence-corrected chi connectivity index (χ2v) is 9.01. The Kier molecular flexibility index (Phi) is 6.38. The van der Waals surface area contributed by atoms with Crippen molar-refractivity contribution in [3.8, 4) is 22.1 Å². The maximum absolute atomic E-state index is 12.6. The molecule has 0 unspecified atom stereocenters. The Morgan fingerprint density at radius 1 is 1.17 bits per heavy atom. The molecule has 0 bridgehead atoms. The van der Waals surface area contributed by atoms with E-state index < -0.39 is 22.0 Å². The van der Waals surface area contributed by atoms with E-state index in [1.165, 1.54) is 19.2 Å². The smallest absolute Gasteiger partial charge is 0.452 e. The minimum Gasteiger partial charge on any atom is -0.493 e. The highest BCUT2D eigenvalue weighted by atomic mass is 32.2. The summed E-state index contributed by atoms with van der Waals surface area (Å²) in [6.45, 7) is 2.28. The number of hydrogen-bond acceptors (Lipinski definition) is 7. The summed E-state index contributed by atoms with van der Waals surface area (Å²) in [4.78, 5) is 0.234. The maximum Gasteiger partial charge on any atom is 0.452 e. The van der Waals surface area contributed by atoms with Gasteiger partial charge in [-0.25, -0.2) is 13.1 Å². The molecule has 0 saturated carbocycles. The number of halogens is 3. The van der Waals surface area contributed by atoms with Gasteiger partial charge in [-0.3, -0.25) is 0 Å². The lowest BCUT2D eigenvalue weighted by Crippen LogP contribution is -2.22. The number of alkyl halides is 3. The third kappa shape index (κ3) is 4.94. The van der Waals surface area contributed by atoms with Crippen molar-refractivity contribution >= 4 is 21.4 Å². The molecule has 30 heavy (non-hydrogen) atoms. The fourth-order valence-electron chi connectivity index (χ4n) is 2.47. The number of methoxy groups -OCH3 is 1. The van der Waals surface area contributed by atoms with Crippen molar-refractivity contribution in [2.75, 3.05) is 13.7 Å². The first-order valence-electron chi connectivity index (χ1n) is 8.57. The van der Waals surface area contributed by atoms with E-state index in [1.54, 1.807) is 18.2 Å². The van der Waals surface area contributed by atoms with Gasteiger partial charge in [-0.05, 0) is 36.8 Å². The number of sulfonamides is 1. The lowest BCUT2D eigenvalue weighted by atomic mass is 10.2. The monoisotopic (exact) mass is 462 g/mol. The van der Waals surface area contributed by atoms with E-state index in [0.717, 1.165) is 17.4 Å². The van der Waals surface area contributed by atoms with Crippen LogP contribution in [0.25, 0.3) is 10.6 Å². The molecular formula is C18H17F3N2O5S2. The van der Waals surface area contributed by atoms with E-state index in [0.29, 0.717) is 23.7 Å². The predicted molar refractivity (Wildman–Crippen MR) is 103 cm³/mol. The van der Waals surface area contributed by atoms with Crippen molar-refractivity contribution < 1.29 is 35.6 Å². The van der Waals surface area contributed by atoms with Gasteiger partial charge in [-0.1, -0.05) is 11.2 Å². The molecule has 0 aliphatic rings. The molecule has 1 aromatic carbocycles. The van der Waals surface area contributed by atoms with Crippen molar-refractivity contribution in [1.82, 2.24) is 9.88 Å². The third-order valence-corrected chi connectivity index (χ3v) is 6.88. The highest BCUT2D eigenvalue weighted by Crippen LogP contribution is 2.35. The summed E-state index contributed by atoms with van der Waals surface area (Å²) in [7, 11) is -2.41. The summed E-state index contributed by atoms with van der Waals surface area (Å²) in [6.07, 6.45) is -4.67. The van der Waals surface area contributed by atoms with Crippen LogP contribution in [0.5, 0.6) is 11.5 Å². The fraction of sp³-hybridized carbons (Fsp3) is 0.278. The Hall–Kier alpha value is -2.57. The molecule has 162 valence electrons. The zero-order chi connectivity index (χ0) is 21.9. The standard InChI is InChI=1S/C18H17F3N2O5S2/c1-3-27-13-5-4-11(8-14(13)26-2)10-22-30(24,25)17-7-6-15(29-17)12-9-16(28-23-12)18(19,20)21/h4-9,22H,3,10H2,1-2H3. The molecule has 0 aliphatic heterocycles. The number of ether oxygens (including phenoxy) is 2. The van der Waals surface area contributed by atoms with Crippen LogP contribution in [0, 0.1) is 0 Å². The molecule has 0 atom stereocenters. The highest BCUT2D eigenvalue weighted by molar-refractivity contribution is 7.91. The molecule has 1 N–H and O–H groups in total. The van der Waals surface area contributed by atoms with Crippen LogP contribution in [0.15, 0.2) is 45.1 Å². The Morgan fingerprint density at radius 2 is 1.93 bits per heavy atom.